The molecule has 21 heavy (non-hydrogen) atoms. The predicted molar refractivity (Wildman–Crippen MR) is 74.3 cm³/mol. The molecule has 0 aliphatic rings. The number of fused-ring (bicyclic) bond motifs is 1. The lowest BCUT2D eigenvalue weighted by molar-refractivity contribution is 0.471. The Balaban J connectivity index is 2.15. The van der Waals surface area contributed by atoms with E-state index in [1.54, 1.807) is 13.0 Å². The first-order valence-electron chi connectivity index (χ1n) is 6.35. The number of hydrogen-bond donors (Lipinski definition) is 2. The summed E-state index contributed by atoms with van der Waals surface area (Å²) in [5.41, 5.74) is 4.41. The summed E-state index contributed by atoms with van der Waals surface area (Å²) < 4.78 is 32.4. The molecule has 0 saturated heterocycles. The van der Waals surface area contributed by atoms with Gasteiger partial charge in [0.1, 0.15) is 29.0 Å². The summed E-state index contributed by atoms with van der Waals surface area (Å²) in [7, 11) is 0. The van der Waals surface area contributed by atoms with E-state index in [0.29, 0.717) is 22.3 Å². The van der Waals surface area contributed by atoms with Gasteiger partial charge in [0, 0.05) is 17.1 Å². The highest BCUT2D eigenvalue weighted by Gasteiger charge is 2.22. The van der Waals surface area contributed by atoms with E-state index < -0.39 is 11.9 Å². The first-order chi connectivity index (χ1) is 10.1. The maximum atomic E-state index is 13.3. The number of benzene rings is 1. The first kappa shape index (κ1) is 13.7. The Labute approximate surface area is 119 Å². The molecule has 1 aromatic carbocycles. The molecule has 0 aliphatic heterocycles. The van der Waals surface area contributed by atoms with Crippen LogP contribution < -0.4 is 11.3 Å². The van der Waals surface area contributed by atoms with Crippen molar-refractivity contribution in [1.29, 1.82) is 0 Å². The second-order valence-electron chi connectivity index (χ2n) is 4.77. The fourth-order valence-electron chi connectivity index (χ4n) is 2.40. The number of rotatable bonds is 3. The number of nitrogens with zero attached hydrogens (tertiary/aromatic N) is 1. The third-order valence-corrected chi connectivity index (χ3v) is 3.42. The molecule has 3 aromatic rings. The third-order valence-electron chi connectivity index (χ3n) is 3.42. The van der Waals surface area contributed by atoms with E-state index in [1.165, 1.54) is 24.4 Å². The topological polar surface area (TPSA) is 64.1 Å². The van der Waals surface area contributed by atoms with Gasteiger partial charge in [-0.1, -0.05) is 0 Å². The molecule has 0 spiro atoms. The van der Waals surface area contributed by atoms with Crippen LogP contribution in [0.3, 0.4) is 0 Å². The highest BCUT2D eigenvalue weighted by Crippen LogP contribution is 2.32. The van der Waals surface area contributed by atoms with Gasteiger partial charge < -0.3 is 4.42 Å². The van der Waals surface area contributed by atoms with Gasteiger partial charge in [-0.25, -0.2) is 14.2 Å². The van der Waals surface area contributed by atoms with Gasteiger partial charge in [0.2, 0.25) is 0 Å². The van der Waals surface area contributed by atoms with Crippen molar-refractivity contribution in [2.45, 2.75) is 13.0 Å². The molecule has 1 atom stereocenters. The standard InChI is InChI=1S/C15H13F2N3O/c1-8-12-5-10(16)2-3-13(12)21-15(8)14(20-18)9-4-11(17)7-19-6-9/h2-7,14,20H,18H2,1H3. The van der Waals surface area contributed by atoms with E-state index in [-0.39, 0.29) is 5.82 Å². The maximum absolute atomic E-state index is 13.3. The Hall–Kier alpha value is -2.31. The van der Waals surface area contributed by atoms with Gasteiger partial charge in [0.15, 0.2) is 0 Å². The van der Waals surface area contributed by atoms with Crippen LogP contribution >= 0.6 is 0 Å². The number of pyridine rings is 1. The van der Waals surface area contributed by atoms with E-state index in [9.17, 15) is 8.78 Å². The summed E-state index contributed by atoms with van der Waals surface area (Å²) in [6.45, 7) is 1.80. The van der Waals surface area contributed by atoms with Gasteiger partial charge in [0.25, 0.3) is 0 Å². The van der Waals surface area contributed by atoms with Crippen LogP contribution in [0, 0.1) is 18.6 Å². The van der Waals surface area contributed by atoms with Crippen molar-refractivity contribution in [3.63, 3.8) is 0 Å². The molecule has 0 saturated carbocycles. The van der Waals surface area contributed by atoms with E-state index in [1.807, 2.05) is 0 Å². The van der Waals surface area contributed by atoms with Crippen molar-refractivity contribution < 1.29 is 13.2 Å². The van der Waals surface area contributed by atoms with Crippen LogP contribution in [0.25, 0.3) is 11.0 Å². The molecule has 0 bridgehead atoms. The van der Waals surface area contributed by atoms with Crippen LogP contribution in [0.15, 0.2) is 41.1 Å². The molecular weight excluding hydrogens is 276 g/mol. The van der Waals surface area contributed by atoms with Crippen molar-refractivity contribution in [1.82, 2.24) is 10.4 Å². The zero-order chi connectivity index (χ0) is 15.0. The summed E-state index contributed by atoms with van der Waals surface area (Å²) >= 11 is 0. The molecule has 0 fully saturated rings. The first-order valence-corrected chi connectivity index (χ1v) is 6.35. The largest absolute Gasteiger partial charge is 0.459 e. The van der Waals surface area contributed by atoms with E-state index in [2.05, 4.69) is 10.4 Å². The van der Waals surface area contributed by atoms with Crippen LogP contribution in [0.2, 0.25) is 0 Å². The lowest BCUT2D eigenvalue weighted by Gasteiger charge is -2.14. The van der Waals surface area contributed by atoms with Crippen LogP contribution in [-0.4, -0.2) is 4.98 Å². The van der Waals surface area contributed by atoms with Crippen molar-refractivity contribution in [3.05, 3.63) is 65.2 Å². The average Bonchev–Trinajstić information content (AvgIpc) is 2.77. The van der Waals surface area contributed by atoms with E-state index in [0.717, 1.165) is 11.8 Å². The molecule has 0 radical (unpaired) electrons. The molecule has 2 heterocycles. The second-order valence-corrected chi connectivity index (χ2v) is 4.77. The normalized spacial score (nSPS) is 12.8. The Morgan fingerprint density at radius 3 is 2.71 bits per heavy atom. The van der Waals surface area contributed by atoms with E-state index in [4.69, 9.17) is 10.3 Å². The molecule has 0 aliphatic carbocycles. The van der Waals surface area contributed by atoms with Crippen molar-refractivity contribution in [2.75, 3.05) is 0 Å². The van der Waals surface area contributed by atoms with Crippen molar-refractivity contribution >= 4 is 11.0 Å². The summed E-state index contributed by atoms with van der Waals surface area (Å²) in [5.74, 6) is 5.27. The van der Waals surface area contributed by atoms with E-state index >= 15 is 0 Å². The lowest BCUT2D eigenvalue weighted by atomic mass is 10.0. The predicted octanol–water partition coefficient (Wildman–Crippen LogP) is 2.97. The number of halogens is 2. The van der Waals surface area contributed by atoms with Gasteiger partial charge >= 0.3 is 0 Å². The Morgan fingerprint density at radius 2 is 2.00 bits per heavy atom. The molecule has 1 unspecified atom stereocenters. The molecule has 3 rings (SSSR count). The number of hydrazine groups is 1. The monoisotopic (exact) mass is 289 g/mol. The number of hydrogen-bond acceptors (Lipinski definition) is 4. The van der Waals surface area contributed by atoms with Gasteiger partial charge in [-0.05, 0) is 36.8 Å². The third kappa shape index (κ3) is 2.39. The molecule has 3 N–H and O–H groups in total. The summed E-state index contributed by atoms with van der Waals surface area (Å²) in [6, 6.07) is 5.03. The van der Waals surface area contributed by atoms with Crippen molar-refractivity contribution in [3.8, 4) is 0 Å². The fraction of sp³-hybridized carbons (Fsp3) is 0.133. The van der Waals surface area contributed by atoms with Gasteiger partial charge in [-0.2, -0.15) is 0 Å². The van der Waals surface area contributed by atoms with Crippen LogP contribution in [0.1, 0.15) is 22.9 Å². The van der Waals surface area contributed by atoms with Gasteiger partial charge in [-0.3, -0.25) is 10.8 Å². The molecule has 4 nitrogen and oxygen atoms in total. The molecule has 108 valence electrons. The van der Waals surface area contributed by atoms with Crippen LogP contribution in [0.5, 0.6) is 0 Å². The minimum atomic E-state index is -0.566. The Bertz CT molecular complexity index is 801. The summed E-state index contributed by atoms with van der Waals surface area (Å²) in [6.07, 6.45) is 2.61. The minimum Gasteiger partial charge on any atom is -0.459 e. The molecule has 6 heteroatoms. The number of nitrogens with two attached hydrogens (primary N) is 1. The van der Waals surface area contributed by atoms with Crippen LogP contribution in [-0.2, 0) is 0 Å². The Morgan fingerprint density at radius 1 is 1.19 bits per heavy atom. The number of nitrogens with one attached hydrogen (secondary N) is 1. The number of aromatic nitrogens is 1. The van der Waals surface area contributed by atoms with Crippen LogP contribution in [0.4, 0.5) is 8.78 Å². The SMILES string of the molecule is Cc1c(C(NN)c2cncc(F)c2)oc2ccc(F)cc12. The highest BCUT2D eigenvalue weighted by atomic mass is 19.1. The zero-order valence-electron chi connectivity index (χ0n) is 11.2. The average molecular weight is 289 g/mol. The summed E-state index contributed by atoms with van der Waals surface area (Å²) in [4.78, 5) is 3.80. The van der Waals surface area contributed by atoms with Gasteiger partial charge in [-0.15, -0.1) is 0 Å². The minimum absolute atomic E-state index is 0.345. The number of aryl methyl sites for hydroxylation is 1. The fourth-order valence-corrected chi connectivity index (χ4v) is 2.40. The molecule has 0 amide bonds. The quantitative estimate of drug-likeness (QED) is 0.575. The Kier molecular flexibility index (Phi) is 3.40. The zero-order valence-corrected chi connectivity index (χ0v) is 11.2. The van der Waals surface area contributed by atoms with Gasteiger partial charge in [0.05, 0.1) is 6.20 Å². The molecular formula is C15H13F2N3O. The second kappa shape index (κ2) is 5.23. The highest BCUT2D eigenvalue weighted by molar-refractivity contribution is 5.82. The smallest absolute Gasteiger partial charge is 0.141 e. The number of furan rings is 1. The van der Waals surface area contributed by atoms with Crippen molar-refractivity contribution in [2.24, 2.45) is 5.84 Å². The summed E-state index contributed by atoms with van der Waals surface area (Å²) in [5, 5.41) is 0.662. The lowest BCUT2D eigenvalue weighted by Crippen LogP contribution is -2.29. The maximum Gasteiger partial charge on any atom is 0.141 e. The molecule has 2 aromatic heterocycles.